The number of aromatic nitrogens is 6. The molecule has 0 radical (unpaired) electrons. The SMILES string of the molecule is [2H]C([2H])([2H])N(c1ccc(-c2ccc(-c3cn[nH]c3)c3cn[nH]c23)nn1)C1CC(C)(C)NC(C)(C)C1. The van der Waals surface area contributed by atoms with Gasteiger partial charge in [-0.1, -0.05) is 6.07 Å². The van der Waals surface area contributed by atoms with E-state index in [1.165, 1.54) is 4.90 Å². The van der Waals surface area contributed by atoms with Crippen LogP contribution in [0.4, 0.5) is 5.82 Å². The molecule has 8 nitrogen and oxygen atoms in total. The van der Waals surface area contributed by atoms with E-state index in [2.05, 4.69) is 63.6 Å². The van der Waals surface area contributed by atoms with Crippen molar-refractivity contribution < 1.29 is 4.11 Å². The number of rotatable bonds is 4. The lowest BCUT2D eigenvalue weighted by molar-refractivity contribution is 0.160. The Labute approximate surface area is 192 Å². The third kappa shape index (κ3) is 3.75. The Morgan fingerprint density at radius 3 is 2.41 bits per heavy atom. The van der Waals surface area contributed by atoms with Crippen LogP contribution in [-0.2, 0) is 0 Å². The summed E-state index contributed by atoms with van der Waals surface area (Å²) < 4.78 is 24.8. The van der Waals surface area contributed by atoms with E-state index in [1.807, 2.05) is 24.4 Å². The first kappa shape index (κ1) is 17.3. The molecule has 0 saturated carbocycles. The fourth-order valence-electron chi connectivity index (χ4n) is 5.13. The first-order valence-corrected chi connectivity index (χ1v) is 10.8. The Kier molecular flexibility index (Phi) is 4.01. The second-order valence-corrected chi connectivity index (χ2v) is 9.91. The van der Waals surface area contributed by atoms with Crippen molar-refractivity contribution in [1.29, 1.82) is 0 Å². The number of hydrogen-bond donors (Lipinski definition) is 3. The zero-order chi connectivity index (χ0) is 25.0. The van der Waals surface area contributed by atoms with Gasteiger partial charge in [0.25, 0.3) is 0 Å². The molecule has 166 valence electrons. The highest BCUT2D eigenvalue weighted by Gasteiger charge is 2.39. The third-order valence-corrected chi connectivity index (χ3v) is 6.13. The predicted octanol–water partition coefficient (Wildman–Crippen LogP) is 4.16. The van der Waals surface area contributed by atoms with E-state index >= 15 is 0 Å². The number of piperidine rings is 1. The number of anilines is 1. The molecule has 3 N–H and O–H groups in total. The second-order valence-electron chi connectivity index (χ2n) is 9.91. The van der Waals surface area contributed by atoms with Crippen LogP contribution in [0.1, 0.15) is 44.6 Å². The van der Waals surface area contributed by atoms with Crippen molar-refractivity contribution >= 4 is 16.7 Å². The van der Waals surface area contributed by atoms with Crippen molar-refractivity contribution in [1.82, 2.24) is 35.9 Å². The zero-order valence-corrected chi connectivity index (χ0v) is 18.8. The standard InChI is InChI=1S/C24H30N8/c1-23(2)10-16(11-24(3,4)31-23)32(5)21-9-8-20(28-29-21)18-7-6-17(15-12-25-26-13-15)19-14-27-30-22(18)19/h6-9,12-14,16,31H,10-11H2,1-5H3,(H,25,26)(H,27,30)/i5D3. The van der Waals surface area contributed by atoms with Crippen molar-refractivity contribution in [2.45, 2.75) is 57.7 Å². The van der Waals surface area contributed by atoms with Gasteiger partial charge in [0, 0.05) is 50.9 Å². The van der Waals surface area contributed by atoms with E-state index in [4.69, 9.17) is 4.11 Å². The lowest BCUT2D eigenvalue weighted by Crippen LogP contribution is -2.62. The van der Waals surface area contributed by atoms with Crippen molar-refractivity contribution in [3.8, 4) is 22.4 Å². The molecule has 8 heteroatoms. The highest BCUT2D eigenvalue weighted by Crippen LogP contribution is 2.35. The molecule has 0 bridgehead atoms. The predicted molar refractivity (Wildman–Crippen MR) is 127 cm³/mol. The molecule has 1 fully saturated rings. The van der Waals surface area contributed by atoms with Gasteiger partial charge < -0.3 is 10.2 Å². The summed E-state index contributed by atoms with van der Waals surface area (Å²) in [6, 6.07) is 7.34. The minimum absolute atomic E-state index is 0.202. The van der Waals surface area contributed by atoms with Crippen LogP contribution in [-0.4, -0.2) is 54.7 Å². The van der Waals surface area contributed by atoms with E-state index in [0.717, 1.165) is 27.6 Å². The molecule has 0 unspecified atom stereocenters. The Hall–Kier alpha value is -3.26. The summed E-state index contributed by atoms with van der Waals surface area (Å²) >= 11 is 0. The van der Waals surface area contributed by atoms with Gasteiger partial charge in [-0.15, -0.1) is 10.2 Å². The quantitative estimate of drug-likeness (QED) is 0.447. The minimum atomic E-state index is -2.34. The fourth-order valence-corrected chi connectivity index (χ4v) is 5.13. The number of nitrogens with one attached hydrogen (secondary N) is 3. The van der Waals surface area contributed by atoms with Gasteiger partial charge >= 0.3 is 0 Å². The van der Waals surface area contributed by atoms with Gasteiger partial charge in [-0.2, -0.15) is 10.2 Å². The van der Waals surface area contributed by atoms with Crippen LogP contribution in [0.15, 0.2) is 42.9 Å². The average molecular weight is 434 g/mol. The molecule has 0 amide bonds. The normalized spacial score (nSPS) is 19.9. The first-order chi connectivity index (χ1) is 16.4. The summed E-state index contributed by atoms with van der Waals surface area (Å²) in [5, 5.41) is 27.6. The second kappa shape index (κ2) is 7.41. The molecule has 4 heterocycles. The topological polar surface area (TPSA) is 98.4 Å². The van der Waals surface area contributed by atoms with Crippen molar-refractivity contribution in [2.75, 3.05) is 11.9 Å². The van der Waals surface area contributed by atoms with Gasteiger partial charge in [-0.3, -0.25) is 10.2 Å². The number of fused-ring (bicyclic) bond motifs is 1. The molecule has 1 saturated heterocycles. The highest BCUT2D eigenvalue weighted by atomic mass is 15.3. The lowest BCUT2D eigenvalue weighted by atomic mass is 9.79. The summed E-state index contributed by atoms with van der Waals surface area (Å²) in [6.45, 7) is 6.09. The van der Waals surface area contributed by atoms with E-state index in [1.54, 1.807) is 18.5 Å². The maximum Gasteiger partial charge on any atom is 0.151 e. The van der Waals surface area contributed by atoms with E-state index in [0.29, 0.717) is 24.4 Å². The summed E-state index contributed by atoms with van der Waals surface area (Å²) in [5.74, 6) is 0.350. The molecular weight excluding hydrogens is 400 g/mol. The van der Waals surface area contributed by atoms with Crippen LogP contribution in [0.2, 0.25) is 0 Å². The molecule has 1 aliphatic heterocycles. The molecule has 3 aromatic heterocycles. The van der Waals surface area contributed by atoms with Gasteiger partial charge in [0.15, 0.2) is 5.82 Å². The highest BCUT2D eigenvalue weighted by molar-refractivity contribution is 6.01. The van der Waals surface area contributed by atoms with Crippen molar-refractivity contribution in [3.05, 3.63) is 42.9 Å². The third-order valence-electron chi connectivity index (χ3n) is 6.13. The monoisotopic (exact) mass is 433 g/mol. The lowest BCUT2D eigenvalue weighted by Gasteiger charge is -2.49. The minimum Gasteiger partial charge on any atom is -0.355 e. The molecule has 5 rings (SSSR count). The van der Waals surface area contributed by atoms with Crippen LogP contribution in [0.3, 0.4) is 0 Å². The molecule has 32 heavy (non-hydrogen) atoms. The number of aromatic amines is 2. The molecule has 4 aromatic rings. The average Bonchev–Trinajstić information content (AvgIpc) is 3.43. The number of hydrogen-bond acceptors (Lipinski definition) is 6. The fraction of sp³-hybridized carbons (Fsp3) is 0.417. The zero-order valence-electron chi connectivity index (χ0n) is 21.8. The molecule has 0 atom stereocenters. The Morgan fingerprint density at radius 1 is 0.969 bits per heavy atom. The number of nitrogens with zero attached hydrogens (tertiary/aromatic N) is 5. The Bertz CT molecular complexity index is 1310. The van der Waals surface area contributed by atoms with Crippen LogP contribution >= 0.6 is 0 Å². The van der Waals surface area contributed by atoms with Crippen LogP contribution in [0.5, 0.6) is 0 Å². The Morgan fingerprint density at radius 2 is 1.75 bits per heavy atom. The maximum absolute atomic E-state index is 8.27. The number of H-pyrrole nitrogens is 2. The molecule has 0 aliphatic carbocycles. The van der Waals surface area contributed by atoms with E-state index in [9.17, 15) is 0 Å². The van der Waals surface area contributed by atoms with Crippen LogP contribution < -0.4 is 10.2 Å². The van der Waals surface area contributed by atoms with E-state index < -0.39 is 6.98 Å². The van der Waals surface area contributed by atoms with Crippen molar-refractivity contribution in [2.24, 2.45) is 0 Å². The van der Waals surface area contributed by atoms with E-state index in [-0.39, 0.29) is 17.1 Å². The molecular formula is C24H30N8. The van der Waals surface area contributed by atoms with Crippen LogP contribution in [0.25, 0.3) is 33.3 Å². The molecule has 0 spiro atoms. The number of benzene rings is 1. The molecule has 1 aliphatic rings. The maximum atomic E-state index is 8.27. The van der Waals surface area contributed by atoms with Crippen LogP contribution in [0, 0.1) is 0 Å². The van der Waals surface area contributed by atoms with Gasteiger partial charge in [-0.05, 0) is 64.3 Å². The van der Waals surface area contributed by atoms with Gasteiger partial charge in [-0.25, -0.2) is 0 Å². The summed E-state index contributed by atoms with van der Waals surface area (Å²) in [6.07, 6.45) is 6.75. The first-order valence-electron chi connectivity index (χ1n) is 12.3. The van der Waals surface area contributed by atoms with Crippen molar-refractivity contribution in [3.63, 3.8) is 0 Å². The smallest absolute Gasteiger partial charge is 0.151 e. The largest absolute Gasteiger partial charge is 0.355 e. The van der Waals surface area contributed by atoms with Gasteiger partial charge in [0.2, 0.25) is 0 Å². The summed E-state index contributed by atoms with van der Waals surface area (Å²) in [4.78, 5) is 1.46. The summed E-state index contributed by atoms with van der Waals surface area (Å²) in [7, 11) is 0. The van der Waals surface area contributed by atoms with Gasteiger partial charge in [0.05, 0.1) is 23.6 Å². The van der Waals surface area contributed by atoms with Gasteiger partial charge in [0.1, 0.15) is 0 Å². The molecule has 1 aromatic carbocycles. The summed E-state index contributed by atoms with van der Waals surface area (Å²) in [5.41, 5.74) is 3.87. The Balaban J connectivity index is 1.51.